The molecule has 0 unspecified atom stereocenters. The first kappa shape index (κ1) is 4.65. The average molecular weight is 89.1 g/mol. The third-order valence-corrected chi connectivity index (χ3v) is 0. The van der Waals surface area contributed by atoms with E-state index >= 15 is 0 Å². The van der Waals surface area contributed by atoms with Crippen molar-refractivity contribution in [1.82, 2.24) is 0 Å². The van der Waals surface area contributed by atoms with Gasteiger partial charge < -0.3 is 0 Å². The highest BCUT2D eigenvalue weighted by molar-refractivity contribution is 7.80. The SMILES string of the molecule is CP(C)[Si]. The van der Waals surface area contributed by atoms with Crippen LogP contribution in [-0.2, 0) is 0 Å². The molecule has 0 rings (SSSR count). The molecule has 0 fully saturated rings. The zero-order chi connectivity index (χ0) is 3.58. The van der Waals surface area contributed by atoms with Crippen LogP contribution in [0.4, 0.5) is 0 Å². The van der Waals surface area contributed by atoms with Crippen molar-refractivity contribution >= 4 is 17.4 Å². The minimum Gasteiger partial charge on any atom is -0.132 e. The fourth-order valence-electron chi connectivity index (χ4n) is 0. The van der Waals surface area contributed by atoms with Crippen molar-refractivity contribution in [2.75, 3.05) is 13.3 Å². The lowest BCUT2D eigenvalue weighted by Gasteiger charge is -1.80. The van der Waals surface area contributed by atoms with Gasteiger partial charge in [0.1, 0.15) is 0 Å². The summed E-state index contributed by atoms with van der Waals surface area (Å²) in [5.41, 5.74) is 0. The molecule has 3 radical (unpaired) electrons. The van der Waals surface area contributed by atoms with Crippen LogP contribution >= 0.6 is 7.47 Å². The Morgan fingerprint density at radius 2 is 1.50 bits per heavy atom. The summed E-state index contributed by atoms with van der Waals surface area (Å²) in [6.07, 6.45) is 0. The summed E-state index contributed by atoms with van der Waals surface area (Å²) in [5, 5.41) is 0. The molecule has 0 nitrogen and oxygen atoms in total. The number of hydrogen-bond acceptors (Lipinski definition) is 0. The zero-order valence-corrected chi connectivity index (χ0v) is 4.84. The van der Waals surface area contributed by atoms with Gasteiger partial charge in [-0.1, -0.05) is 0 Å². The van der Waals surface area contributed by atoms with Gasteiger partial charge in [-0.05, 0) is 13.3 Å². The second-order valence-electron chi connectivity index (χ2n) is 0.894. The predicted molar refractivity (Wildman–Crippen MR) is 24.5 cm³/mol. The fourth-order valence-corrected chi connectivity index (χ4v) is 0. The summed E-state index contributed by atoms with van der Waals surface area (Å²) >= 11 is 0. The second-order valence-corrected chi connectivity index (χ2v) is 5.37. The summed E-state index contributed by atoms with van der Waals surface area (Å²) in [4.78, 5) is 0. The summed E-state index contributed by atoms with van der Waals surface area (Å²) < 4.78 is 0. The predicted octanol–water partition coefficient (Wildman–Crippen LogP) is 0.811. The van der Waals surface area contributed by atoms with E-state index in [9.17, 15) is 0 Å². The Kier molecular flexibility index (Phi) is 2.23. The van der Waals surface area contributed by atoms with Crippen molar-refractivity contribution in [1.29, 1.82) is 0 Å². The Balaban J connectivity index is 2.32. The maximum Gasteiger partial charge on any atom is 0.0648 e. The third-order valence-electron chi connectivity index (χ3n) is 0. The molecule has 0 N–H and O–H groups in total. The molecular weight excluding hydrogens is 83.1 g/mol. The summed E-state index contributed by atoms with van der Waals surface area (Å²) in [7, 11) is 3.56. The topological polar surface area (TPSA) is 0 Å². The van der Waals surface area contributed by atoms with Gasteiger partial charge >= 0.3 is 0 Å². The van der Waals surface area contributed by atoms with E-state index in [1.807, 2.05) is 0 Å². The van der Waals surface area contributed by atoms with Gasteiger partial charge in [-0.25, -0.2) is 0 Å². The maximum absolute atomic E-state index is 3.38. The first-order valence-electron chi connectivity index (χ1n) is 1.12. The molecule has 0 amide bonds. The van der Waals surface area contributed by atoms with E-state index < -0.39 is 0 Å². The minimum atomic E-state index is 0.185. The Hall–Kier alpha value is 0.647. The Labute approximate surface area is 31.6 Å². The van der Waals surface area contributed by atoms with Gasteiger partial charge in [-0.3, -0.25) is 0 Å². The molecule has 0 atom stereocenters. The van der Waals surface area contributed by atoms with Gasteiger partial charge in [0.25, 0.3) is 0 Å². The van der Waals surface area contributed by atoms with E-state index in [1.54, 1.807) is 0 Å². The van der Waals surface area contributed by atoms with Crippen LogP contribution in [0.2, 0.25) is 0 Å². The molecule has 0 aliphatic carbocycles. The van der Waals surface area contributed by atoms with Gasteiger partial charge in [0.15, 0.2) is 0 Å². The van der Waals surface area contributed by atoms with Crippen molar-refractivity contribution in [3.63, 3.8) is 0 Å². The van der Waals surface area contributed by atoms with Crippen molar-refractivity contribution in [3.8, 4) is 0 Å². The van der Waals surface area contributed by atoms with Crippen LogP contribution in [0.25, 0.3) is 0 Å². The normalized spacial score (nSPS) is 9.00. The largest absolute Gasteiger partial charge is 0.132 e. The van der Waals surface area contributed by atoms with E-state index in [4.69, 9.17) is 0 Å². The number of hydrogen-bond donors (Lipinski definition) is 0. The van der Waals surface area contributed by atoms with Crippen molar-refractivity contribution < 1.29 is 0 Å². The Morgan fingerprint density at radius 3 is 1.50 bits per heavy atom. The second kappa shape index (κ2) is 1.92. The van der Waals surface area contributed by atoms with Crippen LogP contribution in [0.1, 0.15) is 0 Å². The lowest BCUT2D eigenvalue weighted by molar-refractivity contribution is 2.29. The molecule has 0 spiro atoms. The highest BCUT2D eigenvalue weighted by Crippen LogP contribution is 2.12. The zero-order valence-electron chi connectivity index (χ0n) is 2.95. The molecule has 2 heteroatoms. The van der Waals surface area contributed by atoms with Crippen molar-refractivity contribution in [3.05, 3.63) is 0 Å². The van der Waals surface area contributed by atoms with Gasteiger partial charge in [0.05, 0.1) is 9.91 Å². The average Bonchev–Trinajstić information content (AvgIpc) is 0.811. The molecule has 0 aromatic rings. The smallest absolute Gasteiger partial charge is 0.0648 e. The van der Waals surface area contributed by atoms with Crippen LogP contribution in [0.15, 0.2) is 0 Å². The lowest BCUT2D eigenvalue weighted by Crippen LogP contribution is -1.52. The molecule has 4 heavy (non-hydrogen) atoms. The fraction of sp³-hybridized carbons (Fsp3) is 1.00. The summed E-state index contributed by atoms with van der Waals surface area (Å²) in [6, 6.07) is 0. The number of rotatable bonds is 0. The van der Waals surface area contributed by atoms with Gasteiger partial charge in [0.2, 0.25) is 0 Å². The monoisotopic (exact) mass is 89.0 g/mol. The minimum absolute atomic E-state index is 0.185. The lowest BCUT2D eigenvalue weighted by atomic mass is 11.9. The Bertz CT molecular complexity index is 10.8. The molecule has 0 saturated heterocycles. The van der Waals surface area contributed by atoms with Gasteiger partial charge in [0, 0.05) is 0 Å². The van der Waals surface area contributed by atoms with Gasteiger partial charge in [-0.15, -0.1) is 7.47 Å². The first-order valence-corrected chi connectivity index (χ1v) is 4.70. The van der Waals surface area contributed by atoms with Crippen LogP contribution in [-0.4, -0.2) is 23.2 Å². The Morgan fingerprint density at radius 1 is 1.50 bits per heavy atom. The summed E-state index contributed by atoms with van der Waals surface area (Å²) in [6.45, 7) is 4.29. The third kappa shape index (κ3) is 17.2. The van der Waals surface area contributed by atoms with Crippen LogP contribution in [0.3, 0.4) is 0 Å². The van der Waals surface area contributed by atoms with E-state index in [1.165, 1.54) is 0 Å². The standard InChI is InChI=1S/C2H6PSi/c1-3(2)4/h1-2H3. The molecule has 0 heterocycles. The molecule has 0 aromatic carbocycles. The molecule has 0 aliphatic rings. The summed E-state index contributed by atoms with van der Waals surface area (Å²) in [5.74, 6) is 0. The van der Waals surface area contributed by atoms with Crippen LogP contribution in [0, 0.1) is 0 Å². The van der Waals surface area contributed by atoms with Crippen molar-refractivity contribution in [2.45, 2.75) is 0 Å². The van der Waals surface area contributed by atoms with E-state index in [0.29, 0.717) is 0 Å². The highest BCUT2D eigenvalue weighted by Gasteiger charge is 1.66. The van der Waals surface area contributed by atoms with Crippen LogP contribution < -0.4 is 0 Å². The van der Waals surface area contributed by atoms with E-state index in [0.717, 1.165) is 0 Å². The highest BCUT2D eigenvalue weighted by atomic mass is 31.4. The molecule has 0 saturated carbocycles. The van der Waals surface area contributed by atoms with Crippen molar-refractivity contribution in [2.24, 2.45) is 0 Å². The quantitative estimate of drug-likeness (QED) is 0.304. The molecular formula is C2H6PSi. The first-order chi connectivity index (χ1) is 1.73. The molecule has 0 aromatic heterocycles. The van der Waals surface area contributed by atoms with E-state index in [2.05, 4.69) is 23.2 Å². The molecule has 23 valence electrons. The van der Waals surface area contributed by atoms with Gasteiger partial charge in [-0.2, -0.15) is 0 Å². The maximum atomic E-state index is 3.38. The molecule has 0 bridgehead atoms. The van der Waals surface area contributed by atoms with E-state index in [-0.39, 0.29) is 7.47 Å². The molecule has 0 aliphatic heterocycles. The van der Waals surface area contributed by atoms with Crippen LogP contribution in [0.5, 0.6) is 0 Å².